The molecule has 3 aromatic rings. The summed E-state index contributed by atoms with van der Waals surface area (Å²) in [6, 6.07) is 18.3. The Labute approximate surface area is 215 Å². The Morgan fingerprint density at radius 3 is 2.32 bits per heavy atom. The topological polar surface area (TPSA) is 97.3 Å². The fourth-order valence-electron chi connectivity index (χ4n) is 5.50. The third-order valence-electron chi connectivity index (χ3n) is 7.02. The molecule has 1 saturated heterocycles. The highest BCUT2D eigenvalue weighted by Gasteiger charge is 2.48. The summed E-state index contributed by atoms with van der Waals surface area (Å²) in [5.41, 5.74) is 4.50. The van der Waals surface area contributed by atoms with Gasteiger partial charge in [0, 0.05) is 24.2 Å². The van der Waals surface area contributed by atoms with Crippen molar-refractivity contribution in [2.24, 2.45) is 5.92 Å². The molecule has 8 nitrogen and oxygen atoms in total. The van der Waals surface area contributed by atoms with Crippen molar-refractivity contribution >= 4 is 17.6 Å². The van der Waals surface area contributed by atoms with E-state index >= 15 is 0 Å². The van der Waals surface area contributed by atoms with Crippen molar-refractivity contribution in [2.75, 3.05) is 32.3 Å². The monoisotopic (exact) mass is 502 g/mol. The standard InChI is InChI=1S/C29H30N2O6/c1-17-10-18(2)12-21(11-17)30-26(32)15-31-14-23(20-6-9-24-25(13-20)37-16-36-24)27(29(33)34)28(31)19-4-7-22(35-3)8-5-19/h4-13,23,27-28H,14-16H2,1-3H3,(H,30,32)(H,33,34)/t23-,27+,28-/m1/s1. The summed E-state index contributed by atoms with van der Waals surface area (Å²) in [6.07, 6.45) is 0. The molecule has 2 heterocycles. The third kappa shape index (κ3) is 5.11. The number of anilines is 1. The Morgan fingerprint density at radius 1 is 0.973 bits per heavy atom. The molecule has 2 N–H and O–H groups in total. The van der Waals surface area contributed by atoms with Crippen LogP contribution in [0.3, 0.4) is 0 Å². The zero-order chi connectivity index (χ0) is 26.1. The highest BCUT2D eigenvalue weighted by atomic mass is 16.7. The van der Waals surface area contributed by atoms with Gasteiger partial charge in [-0.15, -0.1) is 0 Å². The fourth-order valence-corrected chi connectivity index (χ4v) is 5.50. The average molecular weight is 503 g/mol. The van der Waals surface area contributed by atoms with Gasteiger partial charge >= 0.3 is 5.97 Å². The molecule has 8 heteroatoms. The van der Waals surface area contributed by atoms with Gasteiger partial charge in [0.05, 0.1) is 19.6 Å². The van der Waals surface area contributed by atoms with Crippen LogP contribution in [0.1, 0.15) is 34.2 Å². The fraction of sp³-hybridized carbons (Fsp3) is 0.310. The van der Waals surface area contributed by atoms with Crippen LogP contribution in [0.2, 0.25) is 0 Å². The summed E-state index contributed by atoms with van der Waals surface area (Å²) in [5.74, 6) is -0.311. The molecule has 3 aromatic carbocycles. The molecule has 0 aliphatic carbocycles. The number of aryl methyl sites for hydroxylation is 2. The number of hydrogen-bond donors (Lipinski definition) is 2. The minimum atomic E-state index is -0.916. The van der Waals surface area contributed by atoms with Gasteiger partial charge in [-0.05, 0) is 72.5 Å². The molecule has 1 fully saturated rings. The van der Waals surface area contributed by atoms with Crippen LogP contribution in [0.5, 0.6) is 17.2 Å². The lowest BCUT2D eigenvalue weighted by atomic mass is 9.82. The predicted molar refractivity (Wildman–Crippen MR) is 138 cm³/mol. The Hall–Kier alpha value is -4.04. The summed E-state index contributed by atoms with van der Waals surface area (Å²) < 4.78 is 16.3. The van der Waals surface area contributed by atoms with Gasteiger partial charge in [-0.25, -0.2) is 0 Å². The van der Waals surface area contributed by atoms with E-state index in [1.54, 1.807) is 7.11 Å². The van der Waals surface area contributed by atoms with Crippen LogP contribution in [-0.2, 0) is 9.59 Å². The number of ether oxygens (including phenoxy) is 3. The first-order valence-corrected chi connectivity index (χ1v) is 12.2. The van der Waals surface area contributed by atoms with Crippen molar-refractivity contribution in [3.05, 3.63) is 82.9 Å². The van der Waals surface area contributed by atoms with Crippen LogP contribution in [0.15, 0.2) is 60.7 Å². The van der Waals surface area contributed by atoms with E-state index in [2.05, 4.69) is 5.32 Å². The van der Waals surface area contributed by atoms with E-state index in [-0.39, 0.29) is 25.2 Å². The van der Waals surface area contributed by atoms with E-state index in [4.69, 9.17) is 14.2 Å². The maximum atomic E-state index is 13.2. The minimum Gasteiger partial charge on any atom is -0.497 e. The molecular weight excluding hydrogens is 472 g/mol. The molecule has 37 heavy (non-hydrogen) atoms. The van der Waals surface area contributed by atoms with Gasteiger partial charge in [0.2, 0.25) is 12.7 Å². The number of aliphatic carboxylic acids is 1. The number of benzene rings is 3. The number of carbonyl (C=O) groups excluding carboxylic acids is 1. The lowest BCUT2D eigenvalue weighted by Gasteiger charge is -2.27. The minimum absolute atomic E-state index is 0.0501. The number of fused-ring (bicyclic) bond motifs is 1. The number of rotatable bonds is 7. The van der Waals surface area contributed by atoms with Gasteiger partial charge in [-0.2, -0.15) is 0 Å². The number of hydrogen-bond acceptors (Lipinski definition) is 6. The van der Waals surface area contributed by atoms with Crippen molar-refractivity contribution < 1.29 is 28.9 Å². The third-order valence-corrected chi connectivity index (χ3v) is 7.02. The maximum Gasteiger partial charge on any atom is 0.309 e. The molecule has 1 amide bonds. The van der Waals surface area contributed by atoms with Crippen LogP contribution < -0.4 is 19.5 Å². The predicted octanol–water partition coefficient (Wildman–Crippen LogP) is 4.52. The molecule has 0 saturated carbocycles. The summed E-state index contributed by atoms with van der Waals surface area (Å²) in [5, 5.41) is 13.4. The average Bonchev–Trinajstić information content (AvgIpc) is 3.47. The molecule has 3 atom stereocenters. The smallest absolute Gasteiger partial charge is 0.309 e. The SMILES string of the molecule is COc1ccc([C@@H]2[C@@H](C(=O)O)[C@@H](c3ccc4c(c3)OCO4)CN2CC(=O)Nc2cc(C)cc(C)c2)cc1. The summed E-state index contributed by atoms with van der Waals surface area (Å²) in [7, 11) is 1.59. The Kier molecular flexibility index (Phi) is 6.76. The number of carboxylic acid groups (broad SMARTS) is 1. The van der Waals surface area contributed by atoms with E-state index < -0.39 is 17.9 Å². The van der Waals surface area contributed by atoms with Gasteiger partial charge < -0.3 is 24.6 Å². The number of carbonyl (C=O) groups is 2. The number of nitrogens with zero attached hydrogens (tertiary/aromatic N) is 1. The van der Waals surface area contributed by atoms with Crippen molar-refractivity contribution in [3.8, 4) is 17.2 Å². The summed E-state index contributed by atoms with van der Waals surface area (Å²) in [6.45, 7) is 4.56. The number of carboxylic acids is 1. The second kappa shape index (κ2) is 10.1. The van der Waals surface area contributed by atoms with Gasteiger partial charge in [0.25, 0.3) is 0 Å². The van der Waals surface area contributed by atoms with E-state index in [1.165, 1.54) is 0 Å². The molecule has 2 aliphatic rings. The Morgan fingerprint density at radius 2 is 1.65 bits per heavy atom. The second-order valence-corrected chi connectivity index (χ2v) is 9.66. The second-order valence-electron chi connectivity index (χ2n) is 9.66. The van der Waals surface area contributed by atoms with Crippen molar-refractivity contribution in [1.82, 2.24) is 4.90 Å². The van der Waals surface area contributed by atoms with Gasteiger partial charge in [-0.3, -0.25) is 14.5 Å². The van der Waals surface area contributed by atoms with E-state index in [0.29, 0.717) is 23.8 Å². The highest BCUT2D eigenvalue weighted by molar-refractivity contribution is 5.92. The highest BCUT2D eigenvalue weighted by Crippen LogP contribution is 2.47. The van der Waals surface area contributed by atoms with Gasteiger partial charge in [0.15, 0.2) is 11.5 Å². The van der Waals surface area contributed by atoms with Gasteiger partial charge in [0.1, 0.15) is 5.75 Å². The molecule has 0 aromatic heterocycles. The molecule has 0 unspecified atom stereocenters. The number of amides is 1. The summed E-state index contributed by atoms with van der Waals surface area (Å²) >= 11 is 0. The molecule has 0 bridgehead atoms. The quantitative estimate of drug-likeness (QED) is 0.490. The molecule has 0 spiro atoms. The first kappa shape index (κ1) is 24.6. The molecule has 2 aliphatic heterocycles. The Balaban J connectivity index is 1.47. The molecule has 5 rings (SSSR count). The first-order valence-electron chi connectivity index (χ1n) is 12.2. The normalized spacial score (nSPS) is 20.6. The van der Waals surface area contributed by atoms with Crippen molar-refractivity contribution in [2.45, 2.75) is 25.8 Å². The lowest BCUT2D eigenvalue weighted by molar-refractivity contribution is -0.143. The zero-order valence-corrected chi connectivity index (χ0v) is 21.1. The van der Waals surface area contributed by atoms with E-state index in [9.17, 15) is 14.7 Å². The van der Waals surface area contributed by atoms with Crippen LogP contribution >= 0.6 is 0 Å². The first-order chi connectivity index (χ1) is 17.8. The van der Waals surface area contributed by atoms with E-state index in [1.807, 2.05) is 79.4 Å². The van der Waals surface area contributed by atoms with Crippen LogP contribution in [-0.4, -0.2) is 48.9 Å². The number of nitrogens with one attached hydrogen (secondary N) is 1. The van der Waals surface area contributed by atoms with Crippen LogP contribution in [0.4, 0.5) is 5.69 Å². The van der Waals surface area contributed by atoms with Crippen LogP contribution in [0, 0.1) is 19.8 Å². The number of methoxy groups -OCH3 is 1. The molecule has 192 valence electrons. The summed E-state index contributed by atoms with van der Waals surface area (Å²) in [4.78, 5) is 27.9. The largest absolute Gasteiger partial charge is 0.497 e. The van der Waals surface area contributed by atoms with Crippen LogP contribution in [0.25, 0.3) is 0 Å². The number of likely N-dealkylation sites (tertiary alicyclic amines) is 1. The van der Waals surface area contributed by atoms with Crippen molar-refractivity contribution in [3.63, 3.8) is 0 Å². The zero-order valence-electron chi connectivity index (χ0n) is 21.1. The maximum absolute atomic E-state index is 13.2. The van der Waals surface area contributed by atoms with E-state index in [0.717, 1.165) is 27.9 Å². The lowest BCUT2D eigenvalue weighted by Crippen LogP contribution is -2.35. The molecular formula is C29H30N2O6. The van der Waals surface area contributed by atoms with Crippen molar-refractivity contribution in [1.29, 1.82) is 0 Å². The molecule has 0 radical (unpaired) electrons. The van der Waals surface area contributed by atoms with Gasteiger partial charge in [-0.1, -0.05) is 24.3 Å². The Bertz CT molecular complexity index is 1300.